The van der Waals surface area contributed by atoms with E-state index >= 15 is 0 Å². The van der Waals surface area contributed by atoms with Crippen LogP contribution in [0.5, 0.6) is 0 Å². The predicted molar refractivity (Wildman–Crippen MR) is 108 cm³/mol. The summed E-state index contributed by atoms with van der Waals surface area (Å²) in [6, 6.07) is 6.09. The van der Waals surface area contributed by atoms with E-state index in [1.807, 2.05) is 17.0 Å². The van der Waals surface area contributed by atoms with Gasteiger partial charge in [-0.3, -0.25) is 9.69 Å². The minimum absolute atomic E-state index is 0.0100. The van der Waals surface area contributed by atoms with Gasteiger partial charge in [0.15, 0.2) is 0 Å². The second-order valence-electron chi connectivity index (χ2n) is 8.02. The van der Waals surface area contributed by atoms with Crippen molar-refractivity contribution in [2.45, 2.75) is 72.4 Å². The first kappa shape index (κ1) is 20.9. The van der Waals surface area contributed by atoms with Crippen molar-refractivity contribution in [2.75, 3.05) is 24.5 Å². The number of hydrogen-bond acceptors (Lipinski definition) is 3. The van der Waals surface area contributed by atoms with E-state index in [9.17, 15) is 9.90 Å². The summed E-state index contributed by atoms with van der Waals surface area (Å²) in [7, 11) is 0. The first-order valence-electron chi connectivity index (χ1n) is 10.2. The number of aliphatic hydroxyl groups excluding tert-OH is 1. The van der Waals surface area contributed by atoms with Crippen molar-refractivity contribution in [1.82, 2.24) is 4.90 Å². The topological polar surface area (TPSA) is 43.8 Å². The third kappa shape index (κ3) is 6.40. The number of fused-ring (bicyclic) bond motifs is 1. The zero-order valence-electron chi connectivity index (χ0n) is 16.8. The zero-order chi connectivity index (χ0) is 18.9. The van der Waals surface area contributed by atoms with E-state index in [-0.39, 0.29) is 12.5 Å². The van der Waals surface area contributed by atoms with Crippen molar-refractivity contribution in [2.24, 2.45) is 5.92 Å². The molecule has 4 heteroatoms. The van der Waals surface area contributed by atoms with Crippen LogP contribution in [0.3, 0.4) is 0 Å². The molecule has 4 nitrogen and oxygen atoms in total. The van der Waals surface area contributed by atoms with Crippen molar-refractivity contribution >= 4 is 11.6 Å². The third-order valence-electron chi connectivity index (χ3n) is 5.28. The van der Waals surface area contributed by atoms with Crippen molar-refractivity contribution in [3.05, 3.63) is 29.3 Å². The summed E-state index contributed by atoms with van der Waals surface area (Å²) in [4.78, 5) is 16.8. The Balaban J connectivity index is 2.32. The molecular formula is C22H36N2O2. The molecule has 0 spiro atoms. The molecule has 1 N–H and O–H groups in total. The molecule has 0 bridgehead atoms. The average molecular weight is 361 g/mol. The summed E-state index contributed by atoms with van der Waals surface area (Å²) in [6.07, 6.45) is 7.17. The van der Waals surface area contributed by atoms with Crippen LogP contribution in [-0.2, 0) is 17.9 Å². The maximum Gasteiger partial charge on any atom is 0.223 e. The largest absolute Gasteiger partial charge is 0.392 e. The lowest BCUT2D eigenvalue weighted by Gasteiger charge is -2.29. The van der Waals surface area contributed by atoms with E-state index in [4.69, 9.17) is 0 Å². The molecule has 0 saturated carbocycles. The second kappa shape index (κ2) is 10.7. The van der Waals surface area contributed by atoms with Crippen LogP contribution in [0.1, 0.15) is 70.4 Å². The van der Waals surface area contributed by atoms with E-state index in [1.54, 1.807) is 6.92 Å². The van der Waals surface area contributed by atoms with E-state index in [1.165, 1.54) is 37.7 Å². The van der Waals surface area contributed by atoms with Gasteiger partial charge in [-0.15, -0.1) is 0 Å². The number of hydrogen-bond donors (Lipinski definition) is 1. The van der Waals surface area contributed by atoms with Gasteiger partial charge in [0.2, 0.25) is 5.91 Å². The van der Waals surface area contributed by atoms with Gasteiger partial charge >= 0.3 is 0 Å². The Morgan fingerprint density at radius 3 is 2.46 bits per heavy atom. The first-order chi connectivity index (χ1) is 12.5. The number of rotatable bonds is 4. The van der Waals surface area contributed by atoms with Gasteiger partial charge in [0.25, 0.3) is 0 Å². The van der Waals surface area contributed by atoms with Crippen LogP contribution in [0.4, 0.5) is 5.69 Å². The van der Waals surface area contributed by atoms with E-state index < -0.39 is 0 Å². The third-order valence-corrected chi connectivity index (χ3v) is 5.28. The molecule has 0 fully saturated rings. The fourth-order valence-corrected chi connectivity index (χ4v) is 3.63. The minimum Gasteiger partial charge on any atom is -0.392 e. The summed E-state index contributed by atoms with van der Waals surface area (Å²) in [5.41, 5.74) is 3.05. The highest BCUT2D eigenvalue weighted by atomic mass is 16.3. The predicted octanol–water partition coefficient (Wildman–Crippen LogP) is 4.34. The quantitative estimate of drug-likeness (QED) is 0.868. The smallest absolute Gasteiger partial charge is 0.223 e. The number of aliphatic hydroxyl groups is 1. The zero-order valence-corrected chi connectivity index (χ0v) is 16.8. The van der Waals surface area contributed by atoms with Crippen LogP contribution in [0, 0.1) is 5.92 Å². The monoisotopic (exact) mass is 360 g/mol. The van der Waals surface area contributed by atoms with Gasteiger partial charge in [-0.25, -0.2) is 0 Å². The van der Waals surface area contributed by atoms with Gasteiger partial charge in [0.1, 0.15) is 0 Å². The van der Waals surface area contributed by atoms with E-state index in [0.29, 0.717) is 5.92 Å². The lowest BCUT2D eigenvalue weighted by atomic mass is 10.0. The molecular weight excluding hydrogens is 324 g/mol. The standard InChI is InChI=1S/C22H36N2O2/c1-18(2)11-14-23-12-7-5-4-6-8-13-24(19(3)26)22-15-20(17-25)9-10-21(22)16-23/h9-10,15,18,25H,4-8,11-14,16-17H2,1-3H3. The van der Waals surface area contributed by atoms with Crippen molar-refractivity contribution in [1.29, 1.82) is 0 Å². The van der Waals surface area contributed by atoms with Crippen LogP contribution in [-0.4, -0.2) is 35.5 Å². The van der Waals surface area contributed by atoms with Gasteiger partial charge in [-0.1, -0.05) is 45.2 Å². The summed E-state index contributed by atoms with van der Waals surface area (Å²) < 4.78 is 0. The molecule has 1 aromatic rings. The van der Waals surface area contributed by atoms with Crippen molar-refractivity contribution < 1.29 is 9.90 Å². The van der Waals surface area contributed by atoms with Gasteiger partial charge in [-0.2, -0.15) is 0 Å². The highest BCUT2D eigenvalue weighted by Crippen LogP contribution is 2.26. The molecule has 26 heavy (non-hydrogen) atoms. The van der Waals surface area contributed by atoms with Crippen LogP contribution >= 0.6 is 0 Å². The fourth-order valence-electron chi connectivity index (χ4n) is 3.63. The molecule has 0 aliphatic carbocycles. The van der Waals surface area contributed by atoms with Crippen molar-refractivity contribution in [3.8, 4) is 0 Å². The molecule has 1 aliphatic rings. The SMILES string of the molecule is CC(=O)N1CCCCCCCN(CCC(C)C)Cc2ccc(CO)cc21. The maximum atomic E-state index is 12.3. The Morgan fingerprint density at radius 2 is 1.81 bits per heavy atom. The Morgan fingerprint density at radius 1 is 1.12 bits per heavy atom. The summed E-state index contributed by atoms with van der Waals surface area (Å²) >= 11 is 0. The fraction of sp³-hybridized carbons (Fsp3) is 0.682. The Hall–Kier alpha value is -1.39. The average Bonchev–Trinajstić information content (AvgIpc) is 2.60. The number of benzene rings is 1. The molecule has 0 radical (unpaired) electrons. The van der Waals surface area contributed by atoms with E-state index in [0.717, 1.165) is 43.9 Å². The van der Waals surface area contributed by atoms with Gasteiger partial charge < -0.3 is 10.0 Å². The molecule has 146 valence electrons. The van der Waals surface area contributed by atoms with Gasteiger partial charge in [-0.05, 0) is 55.5 Å². The Labute approximate surface area is 159 Å². The molecule has 0 atom stereocenters. The van der Waals surface area contributed by atoms with Crippen LogP contribution in [0.15, 0.2) is 18.2 Å². The summed E-state index contributed by atoms with van der Waals surface area (Å²) in [5.74, 6) is 0.786. The van der Waals surface area contributed by atoms with E-state index in [2.05, 4.69) is 24.8 Å². The molecule has 2 rings (SSSR count). The van der Waals surface area contributed by atoms with Gasteiger partial charge in [0, 0.05) is 25.7 Å². The van der Waals surface area contributed by atoms with Gasteiger partial charge in [0.05, 0.1) is 6.61 Å². The number of nitrogens with zero attached hydrogens (tertiary/aromatic N) is 2. The molecule has 0 aromatic heterocycles. The van der Waals surface area contributed by atoms with Crippen LogP contribution in [0.25, 0.3) is 0 Å². The Kier molecular flexibility index (Phi) is 8.60. The molecule has 1 amide bonds. The molecule has 0 saturated heterocycles. The lowest BCUT2D eigenvalue weighted by Crippen LogP contribution is -2.33. The molecule has 1 heterocycles. The van der Waals surface area contributed by atoms with Crippen molar-refractivity contribution in [3.63, 3.8) is 0 Å². The second-order valence-corrected chi connectivity index (χ2v) is 8.02. The molecule has 1 aromatic carbocycles. The normalized spacial score (nSPS) is 17.5. The molecule has 1 aliphatic heterocycles. The maximum absolute atomic E-state index is 12.3. The number of anilines is 1. The highest BCUT2D eigenvalue weighted by Gasteiger charge is 2.18. The number of amides is 1. The summed E-state index contributed by atoms with van der Waals surface area (Å²) in [5, 5.41) is 9.56. The highest BCUT2D eigenvalue weighted by molar-refractivity contribution is 5.92. The summed E-state index contributed by atoms with van der Waals surface area (Å²) in [6.45, 7) is 10.1. The molecule has 0 unspecified atom stereocenters. The number of carbonyl (C=O) groups is 1. The minimum atomic E-state index is 0.0100. The number of carbonyl (C=O) groups excluding carboxylic acids is 1. The lowest BCUT2D eigenvalue weighted by molar-refractivity contribution is -0.116. The van der Waals surface area contributed by atoms with Crippen LogP contribution in [0.2, 0.25) is 0 Å². The first-order valence-corrected chi connectivity index (χ1v) is 10.2. The Bertz CT molecular complexity index is 571. The van der Waals surface area contributed by atoms with Crippen LogP contribution < -0.4 is 4.90 Å².